The summed E-state index contributed by atoms with van der Waals surface area (Å²) in [6.45, 7) is 4.08. The molecule has 0 saturated heterocycles. The molecule has 112 valence electrons. The number of hydrogen-bond donors (Lipinski definition) is 2. The topological polar surface area (TPSA) is 80.9 Å². The summed E-state index contributed by atoms with van der Waals surface area (Å²) >= 11 is 1.23. The van der Waals surface area contributed by atoms with E-state index in [2.05, 4.69) is 15.5 Å². The number of anilines is 2. The third-order valence-electron chi connectivity index (χ3n) is 2.61. The van der Waals surface area contributed by atoms with E-state index in [0.717, 1.165) is 23.6 Å². The minimum absolute atomic E-state index is 0.167. The van der Waals surface area contributed by atoms with E-state index in [9.17, 15) is 13.6 Å². The van der Waals surface area contributed by atoms with Gasteiger partial charge in [0.2, 0.25) is 5.13 Å². The molecule has 1 heterocycles. The molecule has 1 aromatic heterocycles. The van der Waals surface area contributed by atoms with Crippen LogP contribution < -0.4 is 11.1 Å². The van der Waals surface area contributed by atoms with E-state index in [4.69, 9.17) is 5.73 Å². The number of aromatic nitrogens is 2. The lowest BCUT2D eigenvalue weighted by Crippen LogP contribution is -2.13. The minimum Gasteiger partial charge on any atom is -0.394 e. The van der Waals surface area contributed by atoms with Gasteiger partial charge >= 0.3 is 0 Å². The number of nitrogens with two attached hydrogens (primary N) is 1. The maximum absolute atomic E-state index is 13.3. The van der Waals surface area contributed by atoms with Crippen molar-refractivity contribution in [3.05, 3.63) is 34.3 Å². The molecule has 8 heteroatoms. The van der Waals surface area contributed by atoms with Crippen molar-refractivity contribution in [2.24, 2.45) is 5.92 Å². The third kappa shape index (κ3) is 3.72. The Balaban J connectivity index is 2.13. The van der Waals surface area contributed by atoms with E-state index < -0.39 is 23.2 Å². The Morgan fingerprint density at radius 2 is 1.95 bits per heavy atom. The summed E-state index contributed by atoms with van der Waals surface area (Å²) in [6, 6.07) is 1.76. The molecule has 0 bridgehead atoms. The smallest absolute Gasteiger partial charge is 0.257 e. The molecule has 0 aliphatic carbocycles. The average Bonchev–Trinajstić information content (AvgIpc) is 2.81. The molecule has 0 saturated carbocycles. The molecule has 0 radical (unpaired) electrons. The number of benzene rings is 1. The van der Waals surface area contributed by atoms with E-state index in [0.29, 0.717) is 5.92 Å². The summed E-state index contributed by atoms with van der Waals surface area (Å²) in [5.74, 6) is -2.20. The lowest BCUT2D eigenvalue weighted by atomic mass is 10.1. The van der Waals surface area contributed by atoms with Gasteiger partial charge < -0.3 is 5.73 Å². The van der Waals surface area contributed by atoms with Gasteiger partial charge in [-0.05, 0) is 18.1 Å². The molecule has 0 unspecified atom stereocenters. The Morgan fingerprint density at radius 3 is 2.52 bits per heavy atom. The lowest BCUT2D eigenvalue weighted by Gasteiger charge is -2.04. The van der Waals surface area contributed by atoms with Crippen LogP contribution in [0, 0.1) is 17.6 Å². The summed E-state index contributed by atoms with van der Waals surface area (Å²) in [5, 5.41) is 11.3. The molecule has 0 spiro atoms. The van der Waals surface area contributed by atoms with E-state index in [1.807, 2.05) is 13.8 Å². The van der Waals surface area contributed by atoms with Crippen LogP contribution >= 0.6 is 11.3 Å². The molecule has 3 N–H and O–H groups in total. The van der Waals surface area contributed by atoms with Crippen LogP contribution in [-0.2, 0) is 6.42 Å². The van der Waals surface area contributed by atoms with Gasteiger partial charge in [0.05, 0.1) is 0 Å². The molecule has 5 nitrogen and oxygen atoms in total. The zero-order valence-corrected chi connectivity index (χ0v) is 12.3. The van der Waals surface area contributed by atoms with Crippen molar-refractivity contribution in [2.45, 2.75) is 20.3 Å². The number of nitrogens with zero attached hydrogens (tertiary/aromatic N) is 2. The molecule has 0 atom stereocenters. The standard InChI is InChI=1S/C13H14F2N4OS/c1-6(2)3-10-18-19-13(21-10)17-12(20)7-4-8(14)11(16)9(15)5-7/h4-6H,3,16H2,1-2H3,(H,17,19,20). The van der Waals surface area contributed by atoms with Crippen molar-refractivity contribution in [3.63, 3.8) is 0 Å². The number of nitrogens with one attached hydrogen (secondary N) is 1. The predicted octanol–water partition coefficient (Wildman–Crippen LogP) is 2.85. The molecule has 2 rings (SSSR count). The van der Waals surface area contributed by atoms with Crippen LogP contribution in [0.4, 0.5) is 19.6 Å². The summed E-state index contributed by atoms with van der Waals surface area (Å²) in [4.78, 5) is 11.9. The van der Waals surface area contributed by atoms with Gasteiger partial charge in [0.15, 0.2) is 0 Å². The van der Waals surface area contributed by atoms with Crippen LogP contribution in [0.3, 0.4) is 0 Å². The van der Waals surface area contributed by atoms with Gasteiger partial charge in [-0.25, -0.2) is 8.78 Å². The largest absolute Gasteiger partial charge is 0.394 e. The Hall–Kier alpha value is -2.09. The molecule has 0 fully saturated rings. The minimum atomic E-state index is -0.974. The van der Waals surface area contributed by atoms with Gasteiger partial charge in [-0.15, -0.1) is 10.2 Å². The van der Waals surface area contributed by atoms with E-state index >= 15 is 0 Å². The highest BCUT2D eigenvalue weighted by atomic mass is 32.1. The lowest BCUT2D eigenvalue weighted by molar-refractivity contribution is 0.102. The highest BCUT2D eigenvalue weighted by Gasteiger charge is 2.15. The number of amides is 1. The third-order valence-corrected chi connectivity index (χ3v) is 3.47. The van der Waals surface area contributed by atoms with Crippen molar-refractivity contribution in [3.8, 4) is 0 Å². The second-order valence-electron chi connectivity index (χ2n) is 4.91. The fourth-order valence-electron chi connectivity index (χ4n) is 1.62. The molecule has 1 amide bonds. The fourth-order valence-corrected chi connectivity index (χ4v) is 2.57. The van der Waals surface area contributed by atoms with Crippen molar-refractivity contribution >= 4 is 28.1 Å². The molecule has 0 aliphatic heterocycles. The second-order valence-corrected chi connectivity index (χ2v) is 5.97. The first kappa shape index (κ1) is 15.3. The van der Waals surface area contributed by atoms with E-state index in [1.54, 1.807) is 0 Å². The number of carbonyl (C=O) groups excluding carboxylic acids is 1. The zero-order chi connectivity index (χ0) is 15.6. The normalized spacial score (nSPS) is 10.9. The Bertz CT molecular complexity index is 649. The van der Waals surface area contributed by atoms with Crippen LogP contribution in [0.25, 0.3) is 0 Å². The maximum Gasteiger partial charge on any atom is 0.257 e. The molecular weight excluding hydrogens is 298 g/mol. The monoisotopic (exact) mass is 312 g/mol. The van der Waals surface area contributed by atoms with E-state index in [-0.39, 0.29) is 10.7 Å². The molecular formula is C13H14F2N4OS. The summed E-state index contributed by atoms with van der Waals surface area (Å²) in [5.41, 5.74) is 4.37. The van der Waals surface area contributed by atoms with Crippen molar-refractivity contribution in [1.82, 2.24) is 10.2 Å². The predicted molar refractivity (Wildman–Crippen MR) is 77.2 cm³/mol. The van der Waals surface area contributed by atoms with Crippen LogP contribution in [0.5, 0.6) is 0 Å². The molecule has 2 aromatic rings. The Kier molecular flexibility index (Phi) is 4.46. The number of nitrogen functional groups attached to an aromatic ring is 1. The summed E-state index contributed by atoms with van der Waals surface area (Å²) < 4.78 is 26.6. The summed E-state index contributed by atoms with van der Waals surface area (Å²) in [6.07, 6.45) is 0.749. The molecule has 1 aromatic carbocycles. The van der Waals surface area contributed by atoms with Crippen molar-refractivity contribution in [2.75, 3.05) is 11.1 Å². The van der Waals surface area contributed by atoms with Gasteiger partial charge in [-0.2, -0.15) is 0 Å². The number of rotatable bonds is 4. The van der Waals surface area contributed by atoms with Crippen LogP contribution in [0.15, 0.2) is 12.1 Å². The molecule has 21 heavy (non-hydrogen) atoms. The van der Waals surface area contributed by atoms with Gasteiger partial charge in [-0.3, -0.25) is 10.1 Å². The Labute approximate surface area is 124 Å². The number of hydrogen-bond acceptors (Lipinski definition) is 5. The van der Waals surface area contributed by atoms with Crippen LogP contribution in [-0.4, -0.2) is 16.1 Å². The van der Waals surface area contributed by atoms with Gasteiger partial charge in [-0.1, -0.05) is 25.2 Å². The quantitative estimate of drug-likeness (QED) is 0.851. The highest BCUT2D eigenvalue weighted by molar-refractivity contribution is 7.15. The van der Waals surface area contributed by atoms with Crippen LogP contribution in [0.1, 0.15) is 29.2 Å². The van der Waals surface area contributed by atoms with E-state index in [1.165, 1.54) is 11.3 Å². The SMILES string of the molecule is CC(C)Cc1nnc(NC(=O)c2cc(F)c(N)c(F)c2)s1. The first-order chi connectivity index (χ1) is 9.86. The maximum atomic E-state index is 13.3. The first-order valence-corrected chi connectivity index (χ1v) is 7.06. The van der Waals surface area contributed by atoms with Gasteiger partial charge in [0, 0.05) is 12.0 Å². The van der Waals surface area contributed by atoms with Gasteiger partial charge in [0.1, 0.15) is 22.3 Å². The number of carbonyl (C=O) groups is 1. The summed E-state index contributed by atoms with van der Waals surface area (Å²) in [7, 11) is 0. The fraction of sp³-hybridized carbons (Fsp3) is 0.308. The number of halogens is 2. The Morgan fingerprint density at radius 1 is 1.33 bits per heavy atom. The molecule has 0 aliphatic rings. The van der Waals surface area contributed by atoms with Crippen LogP contribution in [0.2, 0.25) is 0 Å². The second kappa shape index (κ2) is 6.13. The van der Waals surface area contributed by atoms with Crippen molar-refractivity contribution < 1.29 is 13.6 Å². The highest BCUT2D eigenvalue weighted by Crippen LogP contribution is 2.21. The van der Waals surface area contributed by atoms with Crippen molar-refractivity contribution in [1.29, 1.82) is 0 Å². The average molecular weight is 312 g/mol. The zero-order valence-electron chi connectivity index (χ0n) is 11.5. The first-order valence-electron chi connectivity index (χ1n) is 6.25. The van der Waals surface area contributed by atoms with Gasteiger partial charge in [0.25, 0.3) is 5.91 Å².